The molecule has 6 rings (SSSR count). The Balaban J connectivity index is 1.56. The molecule has 0 aliphatic carbocycles. The number of allylic oxidation sites excluding steroid dienone is 1. The minimum absolute atomic E-state index is 0.209. The van der Waals surface area contributed by atoms with Crippen molar-refractivity contribution < 1.29 is 23.8 Å². The summed E-state index contributed by atoms with van der Waals surface area (Å²) >= 11 is 1.22. The molecule has 11 heteroatoms. The Kier molecular flexibility index (Phi) is 8.01. The van der Waals surface area contributed by atoms with Crippen molar-refractivity contribution in [2.45, 2.75) is 19.9 Å². The number of ether oxygens (including phenoxy) is 3. The standard InChI is InChI=1S/C34H28N4O6S/c1-20-29(33(41)43-4)31(23-15-16-26(44-21(2)39)27(17-23)42-3)38-32(40)28(45-34(38)35-20)18-24-19-37(25-13-9-6-10-14-25)36-30(24)22-11-7-5-8-12-22/h5-19,31H,1-4H3/b28-18-. The molecule has 45 heavy (non-hydrogen) atoms. The number of methoxy groups -OCH3 is 2. The lowest BCUT2D eigenvalue weighted by molar-refractivity contribution is -0.136. The van der Waals surface area contributed by atoms with Crippen molar-refractivity contribution >= 4 is 29.4 Å². The SMILES string of the molecule is COC(=O)C1=C(C)N=c2s/c(=C\c3cn(-c4ccccc4)nc3-c3ccccc3)c(=O)n2C1c1ccc(OC(C)=O)c(OC)c1. The van der Waals surface area contributed by atoms with Crippen molar-refractivity contribution in [1.29, 1.82) is 0 Å². The van der Waals surface area contributed by atoms with E-state index in [4.69, 9.17) is 19.3 Å². The second kappa shape index (κ2) is 12.2. The highest BCUT2D eigenvalue weighted by Gasteiger charge is 2.34. The number of nitrogens with zero attached hydrogens (tertiary/aromatic N) is 4. The van der Waals surface area contributed by atoms with Gasteiger partial charge in [-0.1, -0.05) is 65.9 Å². The summed E-state index contributed by atoms with van der Waals surface area (Å²) in [4.78, 5) is 44.1. The molecule has 1 aliphatic rings. The van der Waals surface area contributed by atoms with Crippen LogP contribution in [0.25, 0.3) is 23.0 Å². The Morgan fingerprint density at radius 1 is 0.956 bits per heavy atom. The van der Waals surface area contributed by atoms with Gasteiger partial charge in [-0.15, -0.1) is 0 Å². The van der Waals surface area contributed by atoms with E-state index in [1.54, 1.807) is 35.9 Å². The van der Waals surface area contributed by atoms with Gasteiger partial charge in [0, 0.05) is 24.2 Å². The molecule has 1 aliphatic heterocycles. The number of benzene rings is 3. The van der Waals surface area contributed by atoms with Gasteiger partial charge in [-0.25, -0.2) is 14.5 Å². The van der Waals surface area contributed by atoms with Crippen LogP contribution >= 0.6 is 11.3 Å². The van der Waals surface area contributed by atoms with Crippen molar-refractivity contribution in [2.75, 3.05) is 14.2 Å². The molecule has 3 aromatic carbocycles. The van der Waals surface area contributed by atoms with Crippen molar-refractivity contribution in [2.24, 2.45) is 4.99 Å². The maximum atomic E-state index is 14.2. The summed E-state index contributed by atoms with van der Waals surface area (Å²) in [7, 11) is 2.73. The van der Waals surface area contributed by atoms with E-state index in [2.05, 4.69) is 4.99 Å². The van der Waals surface area contributed by atoms with Gasteiger partial charge in [-0.2, -0.15) is 5.10 Å². The molecule has 2 aromatic heterocycles. The molecular weight excluding hydrogens is 592 g/mol. The first-order valence-corrected chi connectivity index (χ1v) is 14.8. The lowest BCUT2D eigenvalue weighted by atomic mass is 9.95. The maximum absolute atomic E-state index is 14.2. The topological polar surface area (TPSA) is 114 Å². The van der Waals surface area contributed by atoms with Gasteiger partial charge < -0.3 is 14.2 Å². The molecule has 0 fully saturated rings. The van der Waals surface area contributed by atoms with Gasteiger partial charge >= 0.3 is 11.9 Å². The van der Waals surface area contributed by atoms with Crippen LogP contribution in [0, 0.1) is 0 Å². The van der Waals surface area contributed by atoms with Crippen LogP contribution in [-0.4, -0.2) is 40.5 Å². The number of carbonyl (C=O) groups excluding carboxylic acids is 2. The van der Waals surface area contributed by atoms with E-state index >= 15 is 0 Å². The minimum atomic E-state index is -0.878. The van der Waals surface area contributed by atoms with E-state index in [1.807, 2.05) is 66.9 Å². The van der Waals surface area contributed by atoms with Crippen LogP contribution in [-0.2, 0) is 14.3 Å². The van der Waals surface area contributed by atoms with Crippen molar-refractivity contribution in [3.8, 4) is 28.4 Å². The third-order valence-corrected chi connectivity index (χ3v) is 8.26. The largest absolute Gasteiger partial charge is 0.493 e. The molecule has 0 amide bonds. The van der Waals surface area contributed by atoms with E-state index in [9.17, 15) is 14.4 Å². The predicted molar refractivity (Wildman–Crippen MR) is 169 cm³/mol. The fourth-order valence-electron chi connectivity index (χ4n) is 5.27. The van der Waals surface area contributed by atoms with E-state index in [0.717, 1.165) is 16.8 Å². The molecule has 0 spiro atoms. The molecule has 5 aromatic rings. The number of para-hydroxylation sites is 1. The Hall–Kier alpha value is -5.55. The highest BCUT2D eigenvalue weighted by atomic mass is 32.1. The van der Waals surface area contributed by atoms with Gasteiger partial charge in [0.2, 0.25) is 0 Å². The van der Waals surface area contributed by atoms with Crippen molar-refractivity contribution in [3.05, 3.63) is 127 Å². The zero-order chi connectivity index (χ0) is 31.7. The van der Waals surface area contributed by atoms with Gasteiger partial charge in [-0.05, 0) is 42.8 Å². The summed E-state index contributed by atoms with van der Waals surface area (Å²) in [5.41, 5.74) is 4.06. The average Bonchev–Trinajstić information content (AvgIpc) is 3.61. The fourth-order valence-corrected chi connectivity index (χ4v) is 6.31. The molecule has 0 N–H and O–H groups in total. The number of aromatic nitrogens is 3. The Morgan fingerprint density at radius 3 is 2.33 bits per heavy atom. The number of carbonyl (C=O) groups is 2. The van der Waals surface area contributed by atoms with Crippen LogP contribution in [0.1, 0.15) is 31.0 Å². The van der Waals surface area contributed by atoms with Crippen molar-refractivity contribution in [1.82, 2.24) is 14.3 Å². The second-order valence-corrected chi connectivity index (χ2v) is 11.2. The predicted octanol–water partition coefficient (Wildman–Crippen LogP) is 4.19. The van der Waals surface area contributed by atoms with Gasteiger partial charge in [-0.3, -0.25) is 14.2 Å². The first-order valence-electron chi connectivity index (χ1n) is 14.0. The Labute approximate surface area is 261 Å². The molecule has 0 saturated heterocycles. The highest BCUT2D eigenvalue weighted by molar-refractivity contribution is 7.07. The molecule has 0 saturated carbocycles. The zero-order valence-electron chi connectivity index (χ0n) is 24.9. The number of thiazole rings is 1. The number of rotatable bonds is 7. The summed E-state index contributed by atoms with van der Waals surface area (Å²) in [6.07, 6.45) is 3.69. The van der Waals surface area contributed by atoms with E-state index < -0.39 is 18.0 Å². The normalized spacial score (nSPS) is 14.5. The minimum Gasteiger partial charge on any atom is -0.493 e. The summed E-state index contributed by atoms with van der Waals surface area (Å²) in [5.74, 6) is -0.644. The number of hydrogen-bond donors (Lipinski definition) is 0. The molecule has 226 valence electrons. The summed E-state index contributed by atoms with van der Waals surface area (Å²) in [6.45, 7) is 3.00. The Bertz CT molecular complexity index is 2150. The van der Waals surface area contributed by atoms with E-state index in [-0.39, 0.29) is 22.6 Å². The first-order chi connectivity index (χ1) is 21.8. The third kappa shape index (κ3) is 5.61. The summed E-state index contributed by atoms with van der Waals surface area (Å²) < 4.78 is 19.6. The van der Waals surface area contributed by atoms with Gasteiger partial charge in [0.05, 0.1) is 47.4 Å². The van der Waals surface area contributed by atoms with Gasteiger partial charge in [0.1, 0.15) is 0 Å². The number of hydrogen-bond acceptors (Lipinski definition) is 9. The number of esters is 2. The van der Waals surface area contributed by atoms with Gasteiger partial charge in [0.25, 0.3) is 5.56 Å². The quantitative estimate of drug-likeness (QED) is 0.198. The number of fused-ring (bicyclic) bond motifs is 1. The van der Waals surface area contributed by atoms with Crippen LogP contribution in [0.4, 0.5) is 0 Å². The van der Waals surface area contributed by atoms with Gasteiger partial charge in [0.15, 0.2) is 16.3 Å². The molecule has 1 unspecified atom stereocenters. The van der Waals surface area contributed by atoms with Crippen molar-refractivity contribution in [3.63, 3.8) is 0 Å². The van der Waals surface area contributed by atoms with Crippen LogP contribution in [0.3, 0.4) is 0 Å². The molecule has 1 atom stereocenters. The van der Waals surface area contributed by atoms with Crippen LogP contribution in [0.15, 0.2) is 106 Å². The average molecular weight is 621 g/mol. The second-order valence-electron chi connectivity index (χ2n) is 10.2. The first kappa shape index (κ1) is 29.5. The molecular formula is C34H28N4O6S. The molecule has 3 heterocycles. The smallest absolute Gasteiger partial charge is 0.338 e. The molecule has 10 nitrogen and oxygen atoms in total. The summed E-state index contributed by atoms with van der Waals surface area (Å²) in [6, 6.07) is 23.5. The summed E-state index contributed by atoms with van der Waals surface area (Å²) in [5, 5.41) is 4.87. The fraction of sp³-hybridized carbons (Fsp3) is 0.147. The van der Waals surface area contributed by atoms with Crippen LogP contribution in [0.5, 0.6) is 11.5 Å². The third-order valence-electron chi connectivity index (χ3n) is 7.28. The lowest BCUT2D eigenvalue weighted by Gasteiger charge is -2.25. The lowest BCUT2D eigenvalue weighted by Crippen LogP contribution is -2.39. The van der Waals surface area contributed by atoms with E-state index in [0.29, 0.717) is 26.3 Å². The maximum Gasteiger partial charge on any atom is 0.338 e. The van der Waals surface area contributed by atoms with Crippen LogP contribution < -0.4 is 24.4 Å². The molecule has 0 radical (unpaired) electrons. The highest BCUT2D eigenvalue weighted by Crippen LogP contribution is 2.36. The Morgan fingerprint density at radius 2 is 1.67 bits per heavy atom. The molecule has 0 bridgehead atoms. The zero-order valence-corrected chi connectivity index (χ0v) is 25.7. The van der Waals surface area contributed by atoms with Crippen LogP contribution in [0.2, 0.25) is 0 Å². The monoisotopic (exact) mass is 620 g/mol. The van der Waals surface area contributed by atoms with E-state index in [1.165, 1.54) is 37.0 Å².